The third-order valence-electron chi connectivity index (χ3n) is 3.97. The zero-order valence-electron chi connectivity index (χ0n) is 13.3. The Balaban J connectivity index is 1.82. The maximum Gasteiger partial charge on any atom is 0.236 e. The molecule has 2 unspecified atom stereocenters. The van der Waals surface area contributed by atoms with Gasteiger partial charge in [-0.2, -0.15) is 0 Å². The molecule has 1 N–H and O–H groups in total. The predicted molar refractivity (Wildman–Crippen MR) is 84.6 cm³/mol. The topological polar surface area (TPSA) is 54.5 Å². The fourth-order valence-corrected chi connectivity index (χ4v) is 3.62. The number of nitrogens with zero attached hydrogens (tertiary/aromatic N) is 2. The van der Waals surface area contributed by atoms with Gasteiger partial charge in [0.25, 0.3) is 0 Å². The zero-order chi connectivity index (χ0) is 15.4. The van der Waals surface area contributed by atoms with Gasteiger partial charge in [-0.3, -0.25) is 4.79 Å². The molecule has 1 aliphatic rings. The Kier molecular flexibility index (Phi) is 5.72. The maximum atomic E-state index is 12.3. The van der Waals surface area contributed by atoms with Crippen molar-refractivity contribution in [1.82, 2.24) is 15.2 Å². The molecule has 0 aliphatic carbocycles. The van der Waals surface area contributed by atoms with Crippen LogP contribution >= 0.6 is 11.3 Å². The number of rotatable bonds is 6. The van der Waals surface area contributed by atoms with E-state index in [2.05, 4.69) is 17.2 Å². The van der Waals surface area contributed by atoms with Gasteiger partial charge < -0.3 is 15.0 Å². The van der Waals surface area contributed by atoms with Gasteiger partial charge in [-0.25, -0.2) is 4.98 Å². The summed E-state index contributed by atoms with van der Waals surface area (Å²) in [5.74, 6) is 0.103. The molecule has 1 amide bonds. The van der Waals surface area contributed by atoms with Crippen molar-refractivity contribution in [3.8, 4) is 0 Å². The van der Waals surface area contributed by atoms with Crippen LogP contribution in [0.1, 0.15) is 41.4 Å². The third kappa shape index (κ3) is 4.25. The molecule has 2 heterocycles. The summed E-state index contributed by atoms with van der Waals surface area (Å²) in [6.07, 6.45) is 2.49. The predicted octanol–water partition coefficient (Wildman–Crippen LogP) is 2.05. The molecule has 0 spiro atoms. The van der Waals surface area contributed by atoms with E-state index in [9.17, 15) is 4.79 Å². The van der Waals surface area contributed by atoms with E-state index < -0.39 is 0 Å². The highest BCUT2D eigenvalue weighted by atomic mass is 32.1. The van der Waals surface area contributed by atoms with Crippen LogP contribution in [0.3, 0.4) is 0 Å². The van der Waals surface area contributed by atoms with E-state index in [1.165, 1.54) is 4.88 Å². The number of aromatic nitrogens is 1. The van der Waals surface area contributed by atoms with Crippen molar-refractivity contribution in [1.29, 1.82) is 0 Å². The van der Waals surface area contributed by atoms with Gasteiger partial charge >= 0.3 is 0 Å². The minimum absolute atomic E-state index is 0.0632. The number of likely N-dealkylation sites (N-methyl/N-ethyl adjacent to an activating group) is 1. The lowest BCUT2D eigenvalue weighted by molar-refractivity contribution is -0.130. The van der Waals surface area contributed by atoms with Crippen molar-refractivity contribution in [3.05, 3.63) is 15.6 Å². The number of carbonyl (C=O) groups is 1. The van der Waals surface area contributed by atoms with E-state index >= 15 is 0 Å². The van der Waals surface area contributed by atoms with Crippen LogP contribution in [0.15, 0.2) is 0 Å². The largest absolute Gasteiger partial charge is 0.377 e. The second kappa shape index (κ2) is 7.33. The summed E-state index contributed by atoms with van der Waals surface area (Å²) < 4.78 is 5.54. The first-order valence-electron chi connectivity index (χ1n) is 7.51. The number of nitrogens with one attached hydrogen (secondary N) is 1. The summed E-state index contributed by atoms with van der Waals surface area (Å²) in [5.41, 5.74) is 1.02. The van der Waals surface area contributed by atoms with E-state index in [1.54, 1.807) is 16.2 Å². The normalized spacial score (nSPS) is 19.7. The average molecular weight is 311 g/mol. The summed E-state index contributed by atoms with van der Waals surface area (Å²) in [5, 5.41) is 4.25. The first-order valence-corrected chi connectivity index (χ1v) is 8.32. The van der Waals surface area contributed by atoms with Gasteiger partial charge in [0.05, 0.1) is 29.4 Å². The molecule has 2 rings (SSSR count). The fraction of sp³-hybridized carbons (Fsp3) is 0.733. The van der Waals surface area contributed by atoms with Crippen molar-refractivity contribution in [2.75, 3.05) is 26.7 Å². The highest BCUT2D eigenvalue weighted by Crippen LogP contribution is 2.28. The molecule has 0 saturated carbocycles. The summed E-state index contributed by atoms with van der Waals surface area (Å²) in [6.45, 7) is 8.02. The molecule has 1 aliphatic heterocycles. The van der Waals surface area contributed by atoms with Crippen molar-refractivity contribution in [2.45, 2.75) is 45.8 Å². The van der Waals surface area contributed by atoms with Crippen LogP contribution in [0.5, 0.6) is 0 Å². The number of carbonyl (C=O) groups excluding carboxylic acids is 1. The summed E-state index contributed by atoms with van der Waals surface area (Å²) in [6, 6.07) is 0.0632. The Morgan fingerprint density at radius 1 is 1.57 bits per heavy atom. The van der Waals surface area contributed by atoms with Gasteiger partial charge in [0.1, 0.15) is 0 Å². The molecular weight excluding hydrogens is 286 g/mol. The second-order valence-corrected chi connectivity index (χ2v) is 6.86. The minimum atomic E-state index is 0.0632. The third-order valence-corrected chi connectivity index (χ3v) is 5.21. The van der Waals surface area contributed by atoms with Gasteiger partial charge in [0, 0.05) is 25.1 Å². The van der Waals surface area contributed by atoms with Crippen molar-refractivity contribution in [2.24, 2.45) is 0 Å². The number of thiazole rings is 1. The Morgan fingerprint density at radius 3 is 2.90 bits per heavy atom. The lowest BCUT2D eigenvalue weighted by Crippen LogP contribution is -2.39. The summed E-state index contributed by atoms with van der Waals surface area (Å²) >= 11 is 1.67. The molecule has 6 heteroatoms. The monoisotopic (exact) mass is 311 g/mol. The molecule has 1 saturated heterocycles. The van der Waals surface area contributed by atoms with Crippen molar-refractivity contribution >= 4 is 17.2 Å². The number of hydrogen-bond donors (Lipinski definition) is 1. The maximum absolute atomic E-state index is 12.3. The van der Waals surface area contributed by atoms with Gasteiger partial charge in [0.15, 0.2) is 0 Å². The number of ether oxygens (including phenoxy) is 1. The SMILES string of the molecule is Cc1nc(C)c(C(C)N(C)C(=O)CNCC2CCCO2)s1. The Hall–Kier alpha value is -0.980. The standard InChI is InChI=1S/C15H25N3O2S/c1-10-15(21-12(3)17-10)11(2)18(4)14(19)9-16-8-13-6-5-7-20-13/h11,13,16H,5-9H2,1-4H3. The summed E-state index contributed by atoms with van der Waals surface area (Å²) in [7, 11) is 1.86. The molecule has 0 bridgehead atoms. The number of aryl methyl sites for hydroxylation is 2. The highest BCUT2D eigenvalue weighted by molar-refractivity contribution is 7.11. The van der Waals surface area contributed by atoms with E-state index in [1.807, 2.05) is 20.9 Å². The first kappa shape index (κ1) is 16.4. The van der Waals surface area contributed by atoms with E-state index in [-0.39, 0.29) is 18.1 Å². The van der Waals surface area contributed by atoms with Gasteiger partial charge in [-0.1, -0.05) is 0 Å². The lowest BCUT2D eigenvalue weighted by atomic mass is 10.2. The van der Waals surface area contributed by atoms with Crippen LogP contribution in [0.4, 0.5) is 0 Å². The van der Waals surface area contributed by atoms with Crippen molar-refractivity contribution in [3.63, 3.8) is 0 Å². The highest BCUT2D eigenvalue weighted by Gasteiger charge is 2.22. The number of hydrogen-bond acceptors (Lipinski definition) is 5. The number of amides is 1. The van der Waals surface area contributed by atoms with Gasteiger partial charge in [0.2, 0.25) is 5.91 Å². The second-order valence-electron chi connectivity index (χ2n) is 5.63. The summed E-state index contributed by atoms with van der Waals surface area (Å²) in [4.78, 5) is 19.7. The van der Waals surface area contributed by atoms with Crippen LogP contribution in [-0.2, 0) is 9.53 Å². The Labute approximate surface area is 130 Å². The molecule has 2 atom stereocenters. The van der Waals surface area contributed by atoms with Crippen LogP contribution in [0.2, 0.25) is 0 Å². The Bertz CT molecular complexity index is 483. The van der Waals surface area contributed by atoms with Crippen LogP contribution in [0, 0.1) is 13.8 Å². The fourth-order valence-electron chi connectivity index (χ4n) is 2.60. The molecular formula is C15H25N3O2S. The molecule has 5 nitrogen and oxygen atoms in total. The van der Waals surface area contributed by atoms with Crippen molar-refractivity contribution < 1.29 is 9.53 Å². The Morgan fingerprint density at radius 2 is 2.33 bits per heavy atom. The van der Waals surface area contributed by atoms with E-state index in [4.69, 9.17) is 4.74 Å². The van der Waals surface area contributed by atoms with E-state index in [0.29, 0.717) is 6.54 Å². The minimum Gasteiger partial charge on any atom is -0.377 e. The first-order chi connectivity index (χ1) is 9.99. The smallest absolute Gasteiger partial charge is 0.236 e. The molecule has 1 aromatic rings. The molecule has 1 fully saturated rings. The zero-order valence-corrected chi connectivity index (χ0v) is 14.1. The molecule has 0 aromatic carbocycles. The van der Waals surface area contributed by atoms with Crippen LogP contribution in [0.25, 0.3) is 0 Å². The quantitative estimate of drug-likeness (QED) is 0.873. The molecule has 21 heavy (non-hydrogen) atoms. The van der Waals surface area contributed by atoms with Gasteiger partial charge in [-0.05, 0) is 33.6 Å². The van der Waals surface area contributed by atoms with E-state index in [0.717, 1.165) is 36.7 Å². The molecule has 118 valence electrons. The molecule has 1 aromatic heterocycles. The molecule has 0 radical (unpaired) electrons. The van der Waals surface area contributed by atoms with Crippen LogP contribution < -0.4 is 5.32 Å². The van der Waals surface area contributed by atoms with Crippen LogP contribution in [-0.4, -0.2) is 48.6 Å². The average Bonchev–Trinajstić information content (AvgIpc) is 3.06. The van der Waals surface area contributed by atoms with Gasteiger partial charge in [-0.15, -0.1) is 11.3 Å². The lowest BCUT2D eigenvalue weighted by Gasteiger charge is -2.25.